The summed E-state index contributed by atoms with van der Waals surface area (Å²) >= 11 is 1.57. The van der Waals surface area contributed by atoms with Crippen molar-refractivity contribution in [2.45, 2.75) is 11.3 Å². The molecule has 0 bridgehead atoms. The predicted octanol–water partition coefficient (Wildman–Crippen LogP) is 4.05. The largest absolute Gasteiger partial charge is 0.456 e. The Kier molecular flexibility index (Phi) is 3.94. The summed E-state index contributed by atoms with van der Waals surface area (Å²) in [4.78, 5) is 4.73. The minimum absolute atomic E-state index is 0.295. The first-order chi connectivity index (χ1) is 12.0. The highest BCUT2D eigenvalue weighted by atomic mass is 32.2. The van der Waals surface area contributed by atoms with Gasteiger partial charge < -0.3 is 4.74 Å². The number of ether oxygens (including phenoxy) is 1. The van der Waals surface area contributed by atoms with Gasteiger partial charge in [0.25, 0.3) is 0 Å². The molecular weight excluding hydrogens is 354 g/mol. The molecule has 0 N–H and O–H groups in total. The van der Waals surface area contributed by atoms with Crippen LogP contribution in [0.15, 0.2) is 65.0 Å². The quantitative estimate of drug-likeness (QED) is 0.699. The van der Waals surface area contributed by atoms with Gasteiger partial charge in [-0.2, -0.15) is 0 Å². The molecule has 3 aromatic rings. The maximum atomic E-state index is 11.7. The Morgan fingerprint density at radius 1 is 1.08 bits per heavy atom. The number of benzene rings is 2. The van der Waals surface area contributed by atoms with Crippen LogP contribution >= 0.6 is 11.3 Å². The van der Waals surface area contributed by atoms with Gasteiger partial charge in [-0.05, 0) is 35.9 Å². The maximum Gasteiger partial charge on any atom is 0.175 e. The molecule has 1 aliphatic rings. The summed E-state index contributed by atoms with van der Waals surface area (Å²) in [6, 6.07) is 14.7. The van der Waals surface area contributed by atoms with Gasteiger partial charge in [0.05, 0.1) is 4.90 Å². The Morgan fingerprint density at radius 3 is 2.52 bits per heavy atom. The SMILES string of the molecule is CS(=O)(=O)c1ccc(C2=C(c3nccs3)Cc3ccccc3O2)cc1. The number of hydrogen-bond donors (Lipinski definition) is 0. The van der Waals surface area contributed by atoms with E-state index in [1.165, 1.54) is 6.26 Å². The Balaban J connectivity index is 1.84. The van der Waals surface area contributed by atoms with E-state index < -0.39 is 9.84 Å². The fourth-order valence-corrected chi connectivity index (χ4v) is 4.13. The lowest BCUT2D eigenvalue weighted by atomic mass is 9.98. The highest BCUT2D eigenvalue weighted by Crippen LogP contribution is 2.39. The van der Waals surface area contributed by atoms with Crippen molar-refractivity contribution in [2.75, 3.05) is 6.26 Å². The lowest BCUT2D eigenvalue weighted by Crippen LogP contribution is -2.09. The third kappa shape index (κ3) is 3.10. The zero-order chi connectivity index (χ0) is 17.4. The van der Waals surface area contributed by atoms with Crippen molar-refractivity contribution in [1.82, 2.24) is 4.98 Å². The van der Waals surface area contributed by atoms with Crippen molar-refractivity contribution < 1.29 is 13.2 Å². The number of nitrogens with zero attached hydrogens (tertiary/aromatic N) is 1. The van der Waals surface area contributed by atoms with E-state index in [1.54, 1.807) is 41.8 Å². The summed E-state index contributed by atoms with van der Waals surface area (Å²) in [6.45, 7) is 0. The van der Waals surface area contributed by atoms with Crippen LogP contribution in [-0.4, -0.2) is 19.7 Å². The molecule has 0 fully saturated rings. The zero-order valence-corrected chi connectivity index (χ0v) is 15.1. The van der Waals surface area contributed by atoms with E-state index in [2.05, 4.69) is 4.98 Å². The number of fused-ring (bicyclic) bond motifs is 1. The van der Waals surface area contributed by atoms with E-state index in [0.29, 0.717) is 4.90 Å². The number of thiazole rings is 1. The first-order valence-corrected chi connectivity index (χ1v) is 10.5. The molecule has 6 heteroatoms. The van der Waals surface area contributed by atoms with Crippen molar-refractivity contribution in [1.29, 1.82) is 0 Å². The van der Waals surface area contributed by atoms with Gasteiger partial charge in [-0.1, -0.05) is 18.2 Å². The van der Waals surface area contributed by atoms with Crippen LogP contribution in [0.5, 0.6) is 5.75 Å². The summed E-state index contributed by atoms with van der Waals surface area (Å²) < 4.78 is 29.5. The average Bonchev–Trinajstić information content (AvgIpc) is 3.14. The van der Waals surface area contributed by atoms with Gasteiger partial charge in [0.1, 0.15) is 16.5 Å². The molecule has 0 atom stereocenters. The summed E-state index contributed by atoms with van der Waals surface area (Å²) in [6.07, 6.45) is 3.71. The van der Waals surface area contributed by atoms with Gasteiger partial charge in [-0.3, -0.25) is 0 Å². The lowest BCUT2D eigenvalue weighted by molar-refractivity contribution is 0.502. The molecule has 2 aromatic carbocycles. The topological polar surface area (TPSA) is 56.3 Å². The van der Waals surface area contributed by atoms with Crippen LogP contribution in [0.25, 0.3) is 11.3 Å². The second-order valence-electron chi connectivity index (χ2n) is 5.83. The predicted molar refractivity (Wildman–Crippen MR) is 99.3 cm³/mol. The molecule has 1 aliphatic heterocycles. The lowest BCUT2D eigenvalue weighted by Gasteiger charge is -2.23. The van der Waals surface area contributed by atoms with Gasteiger partial charge in [0, 0.05) is 35.4 Å². The normalized spacial score (nSPS) is 14.1. The van der Waals surface area contributed by atoms with E-state index in [0.717, 1.165) is 39.6 Å². The number of rotatable bonds is 3. The Labute approximate surface area is 150 Å². The van der Waals surface area contributed by atoms with Crippen molar-refractivity contribution in [3.05, 3.63) is 76.2 Å². The standard InChI is InChI=1S/C19H15NO3S2/c1-25(21,22)15-8-6-13(7-9-15)18-16(19-20-10-11-24-19)12-14-4-2-3-5-17(14)23-18/h2-11H,12H2,1H3. The third-order valence-electron chi connectivity index (χ3n) is 4.06. The van der Waals surface area contributed by atoms with Gasteiger partial charge in [0.2, 0.25) is 0 Å². The van der Waals surface area contributed by atoms with Gasteiger partial charge in [0.15, 0.2) is 9.84 Å². The highest BCUT2D eigenvalue weighted by molar-refractivity contribution is 7.90. The second-order valence-corrected chi connectivity index (χ2v) is 8.74. The third-order valence-corrected chi connectivity index (χ3v) is 6.02. The van der Waals surface area contributed by atoms with Gasteiger partial charge >= 0.3 is 0 Å². The molecule has 0 saturated heterocycles. The van der Waals surface area contributed by atoms with E-state index in [4.69, 9.17) is 4.74 Å². The van der Waals surface area contributed by atoms with Crippen LogP contribution in [0.3, 0.4) is 0 Å². The number of sulfone groups is 1. The number of hydrogen-bond acceptors (Lipinski definition) is 5. The number of allylic oxidation sites excluding steroid dienone is 1. The molecule has 0 aliphatic carbocycles. The van der Waals surface area contributed by atoms with Crippen LogP contribution in [0.1, 0.15) is 16.1 Å². The first-order valence-electron chi connectivity index (χ1n) is 7.71. The minimum atomic E-state index is -3.22. The second kappa shape index (κ2) is 6.13. The molecule has 2 heterocycles. The van der Waals surface area contributed by atoms with Crippen molar-refractivity contribution in [3.63, 3.8) is 0 Å². The molecule has 0 radical (unpaired) electrons. The fraction of sp³-hybridized carbons (Fsp3) is 0.105. The van der Waals surface area contributed by atoms with Crippen molar-refractivity contribution in [2.24, 2.45) is 0 Å². The van der Waals surface area contributed by atoms with Gasteiger partial charge in [-0.15, -0.1) is 11.3 Å². The minimum Gasteiger partial charge on any atom is -0.456 e. The summed E-state index contributed by atoms with van der Waals surface area (Å²) in [5.74, 6) is 1.55. The summed E-state index contributed by atoms with van der Waals surface area (Å²) in [7, 11) is -3.22. The van der Waals surface area contributed by atoms with Gasteiger partial charge in [-0.25, -0.2) is 13.4 Å². The zero-order valence-electron chi connectivity index (χ0n) is 13.5. The van der Waals surface area contributed by atoms with Crippen LogP contribution in [0, 0.1) is 0 Å². The molecule has 0 saturated carbocycles. The van der Waals surface area contributed by atoms with Crippen LogP contribution in [0.4, 0.5) is 0 Å². The summed E-state index contributed by atoms with van der Waals surface area (Å²) in [5.41, 5.74) is 2.97. The average molecular weight is 369 g/mol. The van der Waals surface area contributed by atoms with Crippen LogP contribution < -0.4 is 4.74 Å². The Bertz CT molecular complexity index is 1050. The van der Waals surface area contributed by atoms with E-state index in [-0.39, 0.29) is 0 Å². The molecule has 126 valence electrons. The molecule has 0 unspecified atom stereocenters. The van der Waals surface area contributed by atoms with E-state index in [1.807, 2.05) is 29.6 Å². The van der Waals surface area contributed by atoms with E-state index >= 15 is 0 Å². The van der Waals surface area contributed by atoms with Crippen LogP contribution in [-0.2, 0) is 16.3 Å². The molecule has 4 nitrogen and oxygen atoms in total. The highest BCUT2D eigenvalue weighted by Gasteiger charge is 2.23. The first kappa shape index (κ1) is 16.1. The van der Waals surface area contributed by atoms with Crippen LogP contribution in [0.2, 0.25) is 0 Å². The monoisotopic (exact) mass is 369 g/mol. The Hall–Kier alpha value is -2.44. The molecule has 4 rings (SSSR count). The van der Waals surface area contributed by atoms with Crippen molar-refractivity contribution in [3.8, 4) is 5.75 Å². The molecule has 0 spiro atoms. The number of aromatic nitrogens is 1. The molecule has 0 amide bonds. The summed E-state index contributed by atoms with van der Waals surface area (Å²) in [5, 5.41) is 2.85. The molecule has 25 heavy (non-hydrogen) atoms. The van der Waals surface area contributed by atoms with Crippen molar-refractivity contribution >= 4 is 32.5 Å². The fourth-order valence-electron chi connectivity index (χ4n) is 2.82. The molecular formula is C19H15NO3S2. The smallest absolute Gasteiger partial charge is 0.175 e. The maximum absolute atomic E-state index is 11.7. The Morgan fingerprint density at radius 2 is 1.84 bits per heavy atom. The van der Waals surface area contributed by atoms with E-state index in [9.17, 15) is 8.42 Å². The molecule has 1 aromatic heterocycles. The number of para-hydroxylation sites is 1.